The predicted molar refractivity (Wildman–Crippen MR) is 174 cm³/mol. The van der Waals surface area contributed by atoms with Crippen molar-refractivity contribution in [3.8, 4) is 36.2 Å². The lowest BCUT2D eigenvalue weighted by Crippen LogP contribution is -2.38. The quantitative estimate of drug-likeness (QED) is 0.118. The van der Waals surface area contributed by atoms with Crippen LogP contribution in [0.3, 0.4) is 0 Å². The van der Waals surface area contributed by atoms with Crippen LogP contribution in [0.5, 0.6) is 11.5 Å². The van der Waals surface area contributed by atoms with E-state index in [0.29, 0.717) is 16.4 Å². The summed E-state index contributed by atoms with van der Waals surface area (Å²) in [6.45, 7) is 0.186. The molecule has 0 aliphatic heterocycles. The molecule has 2 aromatic heterocycles. The second kappa shape index (κ2) is 19.4. The molecule has 0 saturated carbocycles. The zero-order chi connectivity index (χ0) is 30.4. The first-order chi connectivity index (χ1) is 19.6. The number of aromatic nitrogens is 2. The Kier molecular flexibility index (Phi) is 17.3. The minimum Gasteiger partial charge on any atom is -0.506 e. The molecule has 4 rings (SSSR count). The van der Waals surface area contributed by atoms with Gasteiger partial charge in [-0.25, -0.2) is 0 Å². The van der Waals surface area contributed by atoms with Crippen LogP contribution in [0.2, 0.25) is 0 Å². The molecule has 228 valence electrons. The fourth-order valence-electron chi connectivity index (χ4n) is 3.76. The summed E-state index contributed by atoms with van der Waals surface area (Å²) in [7, 11) is 0. The number of nitrogens with two attached hydrogens (primary N) is 1. The number of halogens is 1. The van der Waals surface area contributed by atoms with E-state index < -0.39 is 24.0 Å². The Bertz CT molecular complexity index is 1580. The Hall–Kier alpha value is -4.68. The summed E-state index contributed by atoms with van der Waals surface area (Å²) in [5.41, 5.74) is 7.98. The second-order valence-electron chi connectivity index (χ2n) is 8.45. The SMILES string of the molecule is C.C.C#CCBr.C#CCN[C@@H](Cc1ccc(O)c2ncccc12)C(=O)O.N[C@@H](Cc1ccc(O)c2ncccc12)C(=O)O. The normalized spacial score (nSPS) is 11.0. The van der Waals surface area contributed by atoms with E-state index in [-0.39, 0.29) is 45.7 Å². The zero-order valence-corrected chi connectivity index (χ0v) is 23.5. The van der Waals surface area contributed by atoms with Gasteiger partial charge < -0.3 is 26.2 Å². The van der Waals surface area contributed by atoms with E-state index in [0.717, 1.165) is 21.9 Å². The first-order valence-corrected chi connectivity index (χ1v) is 13.2. The molecule has 0 bridgehead atoms. The summed E-state index contributed by atoms with van der Waals surface area (Å²) in [5, 5.41) is 42.3. The zero-order valence-electron chi connectivity index (χ0n) is 21.9. The van der Waals surface area contributed by atoms with Gasteiger partial charge in [0.05, 0.1) is 11.9 Å². The van der Waals surface area contributed by atoms with Gasteiger partial charge in [0.1, 0.15) is 34.6 Å². The number of carbonyl (C=O) groups is 2. The predicted octanol–water partition coefficient (Wildman–Crippen LogP) is 4.34. The largest absolute Gasteiger partial charge is 0.506 e. The third-order valence-corrected chi connectivity index (χ3v) is 6.01. The molecule has 0 aliphatic rings. The molecule has 0 saturated heterocycles. The van der Waals surface area contributed by atoms with Gasteiger partial charge in [-0.15, -0.1) is 12.8 Å². The fourth-order valence-corrected chi connectivity index (χ4v) is 3.76. The van der Waals surface area contributed by atoms with E-state index in [1.54, 1.807) is 48.8 Å². The average molecular weight is 654 g/mol. The number of carboxylic acids is 2. The van der Waals surface area contributed by atoms with Crippen molar-refractivity contribution in [1.29, 1.82) is 0 Å². The molecule has 43 heavy (non-hydrogen) atoms. The number of hydrogen-bond donors (Lipinski definition) is 6. The molecular formula is C32H37BrN4O6. The number of terminal acetylenes is 2. The summed E-state index contributed by atoms with van der Waals surface area (Å²) in [4.78, 5) is 30.1. The summed E-state index contributed by atoms with van der Waals surface area (Å²) in [6.07, 6.45) is 13.5. The maximum absolute atomic E-state index is 11.2. The lowest BCUT2D eigenvalue weighted by atomic mass is 10.0. The van der Waals surface area contributed by atoms with E-state index in [2.05, 4.69) is 43.1 Å². The standard InChI is InChI=1S/C15H14N2O3.C12H12N2O3.C3H3Br.2CH4/c1-2-7-16-12(15(19)20)9-10-5-6-13(18)14-11(10)4-3-8-17-14;13-9(12(16)17)6-7-3-4-10(15)11-8(7)2-1-5-14-11;1-2-3-4;;/h1,3-6,8,12,16,18H,7,9H2,(H,19,20);1-5,9,15H,6,13H2,(H,16,17);1H,3H2;2*1H4/t12-;9-;;;/m00.../s1. The van der Waals surface area contributed by atoms with Gasteiger partial charge in [0.15, 0.2) is 0 Å². The number of alkyl halides is 1. The molecule has 2 atom stereocenters. The Morgan fingerprint density at radius 1 is 0.837 bits per heavy atom. The van der Waals surface area contributed by atoms with Gasteiger partial charge in [0, 0.05) is 23.2 Å². The first kappa shape index (κ1) is 38.3. The van der Waals surface area contributed by atoms with Crippen molar-refractivity contribution >= 4 is 49.7 Å². The summed E-state index contributed by atoms with van der Waals surface area (Å²) in [6, 6.07) is 11.7. The lowest BCUT2D eigenvalue weighted by Gasteiger charge is -2.14. The topological polar surface area (TPSA) is 179 Å². The van der Waals surface area contributed by atoms with E-state index >= 15 is 0 Å². The number of benzene rings is 2. The molecule has 0 amide bonds. The summed E-state index contributed by atoms with van der Waals surface area (Å²) >= 11 is 3.01. The lowest BCUT2D eigenvalue weighted by molar-refractivity contribution is -0.140. The number of carboxylic acid groups (broad SMARTS) is 2. The molecule has 7 N–H and O–H groups in total. The maximum Gasteiger partial charge on any atom is 0.321 e. The highest BCUT2D eigenvalue weighted by molar-refractivity contribution is 9.09. The van der Waals surface area contributed by atoms with Crippen LogP contribution < -0.4 is 11.1 Å². The number of rotatable bonds is 8. The van der Waals surface area contributed by atoms with Crippen LogP contribution in [0, 0.1) is 24.7 Å². The summed E-state index contributed by atoms with van der Waals surface area (Å²) < 4.78 is 0. The van der Waals surface area contributed by atoms with Crippen molar-refractivity contribution in [2.45, 2.75) is 39.8 Å². The van der Waals surface area contributed by atoms with Gasteiger partial charge in [-0.1, -0.05) is 66.9 Å². The minimum atomic E-state index is -1.05. The first-order valence-electron chi connectivity index (χ1n) is 12.1. The number of nitrogens with zero attached hydrogens (tertiary/aromatic N) is 2. The van der Waals surface area contributed by atoms with Crippen LogP contribution in [0.1, 0.15) is 26.0 Å². The fraction of sp³-hybridized carbons (Fsp3) is 0.250. The Morgan fingerprint density at radius 3 is 1.70 bits per heavy atom. The van der Waals surface area contributed by atoms with E-state index in [4.69, 9.17) is 23.7 Å². The number of hydrogen-bond acceptors (Lipinski definition) is 8. The van der Waals surface area contributed by atoms with Gasteiger partial charge in [-0.3, -0.25) is 24.9 Å². The molecule has 0 aliphatic carbocycles. The van der Waals surface area contributed by atoms with Gasteiger partial charge >= 0.3 is 11.9 Å². The highest BCUT2D eigenvalue weighted by atomic mass is 79.9. The van der Waals surface area contributed by atoms with Crippen LogP contribution in [-0.2, 0) is 22.4 Å². The Labute approximate surface area is 260 Å². The van der Waals surface area contributed by atoms with E-state index in [9.17, 15) is 24.9 Å². The van der Waals surface area contributed by atoms with Gasteiger partial charge in [-0.2, -0.15) is 0 Å². The van der Waals surface area contributed by atoms with Crippen LogP contribution >= 0.6 is 15.9 Å². The molecule has 0 radical (unpaired) electrons. The van der Waals surface area contributed by atoms with E-state index in [1.807, 2.05) is 0 Å². The van der Waals surface area contributed by atoms with Crippen molar-refractivity contribution in [3.05, 3.63) is 72.1 Å². The highest BCUT2D eigenvalue weighted by Crippen LogP contribution is 2.27. The molecule has 10 nitrogen and oxygen atoms in total. The highest BCUT2D eigenvalue weighted by Gasteiger charge is 2.19. The van der Waals surface area contributed by atoms with E-state index in [1.165, 1.54) is 12.1 Å². The maximum atomic E-state index is 11.2. The molecule has 11 heteroatoms. The number of aromatic hydroxyl groups is 2. The molecule has 0 fully saturated rings. The van der Waals surface area contributed by atoms with Gasteiger partial charge in [-0.05, 0) is 48.2 Å². The van der Waals surface area contributed by atoms with Crippen molar-refractivity contribution in [3.63, 3.8) is 0 Å². The molecule has 2 heterocycles. The van der Waals surface area contributed by atoms with Crippen LogP contribution in [0.15, 0.2) is 60.9 Å². The molecular weight excluding hydrogens is 616 g/mol. The van der Waals surface area contributed by atoms with Gasteiger partial charge in [0.2, 0.25) is 0 Å². The molecule has 2 aromatic carbocycles. The van der Waals surface area contributed by atoms with Crippen molar-refractivity contribution < 1.29 is 30.0 Å². The molecule has 0 spiro atoms. The number of aliphatic carboxylic acids is 2. The number of fused-ring (bicyclic) bond motifs is 2. The van der Waals surface area contributed by atoms with Crippen molar-refractivity contribution in [1.82, 2.24) is 15.3 Å². The Balaban J connectivity index is 0.000000707. The number of phenolic OH excluding ortho intramolecular Hbond substituents is 2. The van der Waals surface area contributed by atoms with Crippen LogP contribution in [0.25, 0.3) is 21.8 Å². The summed E-state index contributed by atoms with van der Waals surface area (Å²) in [5.74, 6) is 2.85. The van der Waals surface area contributed by atoms with Crippen LogP contribution in [0.4, 0.5) is 0 Å². The second-order valence-corrected chi connectivity index (χ2v) is 9.01. The number of nitrogens with one attached hydrogen (secondary N) is 1. The molecule has 0 unspecified atom stereocenters. The minimum absolute atomic E-state index is 0. The third kappa shape index (κ3) is 11.3. The van der Waals surface area contributed by atoms with Crippen molar-refractivity contribution in [2.75, 3.05) is 11.9 Å². The van der Waals surface area contributed by atoms with Crippen LogP contribution in [-0.4, -0.2) is 66.3 Å². The number of pyridine rings is 2. The average Bonchev–Trinajstić information content (AvgIpc) is 2.98. The Morgan fingerprint density at radius 2 is 1.30 bits per heavy atom. The van der Waals surface area contributed by atoms with Gasteiger partial charge in [0.25, 0.3) is 0 Å². The third-order valence-electron chi connectivity index (χ3n) is 5.68. The van der Waals surface area contributed by atoms with Crippen molar-refractivity contribution in [2.24, 2.45) is 5.73 Å². The molecule has 4 aromatic rings. The number of phenols is 2. The smallest absolute Gasteiger partial charge is 0.321 e. The monoisotopic (exact) mass is 652 g/mol.